The molecule has 7 heteroatoms. The molecule has 1 aliphatic heterocycles. The molecule has 30 heavy (non-hydrogen) atoms. The molecule has 2 aromatic carbocycles. The number of rotatable bonds is 7. The summed E-state index contributed by atoms with van der Waals surface area (Å²) in [5.41, 5.74) is 7.83. The molecular weight excluding hydrogens is 494 g/mol. The highest BCUT2D eigenvalue weighted by Gasteiger charge is 2.26. The second kappa shape index (κ2) is 11.9. The predicted octanol–water partition coefficient (Wildman–Crippen LogP) is 3.54. The van der Waals surface area contributed by atoms with Crippen LogP contribution in [0.15, 0.2) is 59.6 Å². The average molecular weight is 524 g/mol. The topological polar surface area (TPSA) is 70.7 Å². The molecule has 5 nitrogen and oxygen atoms in total. The van der Waals surface area contributed by atoms with Crippen molar-refractivity contribution in [3.63, 3.8) is 0 Å². The van der Waals surface area contributed by atoms with Crippen LogP contribution in [0.3, 0.4) is 0 Å². The summed E-state index contributed by atoms with van der Waals surface area (Å²) in [5.74, 6) is 0.181. The van der Waals surface area contributed by atoms with E-state index in [0.717, 1.165) is 37.6 Å². The number of carbonyl (C=O) groups excluding carboxylic acids is 1. The molecular formula is C23H30FIN4O. The summed E-state index contributed by atoms with van der Waals surface area (Å²) in [5, 5.41) is 3.34. The van der Waals surface area contributed by atoms with Crippen molar-refractivity contribution >= 4 is 35.8 Å². The van der Waals surface area contributed by atoms with Crippen molar-refractivity contribution < 1.29 is 9.18 Å². The SMILES string of the molecule is CCNC(=NCC(Cc1ccc(F)cc1)C(N)=O)N1CCC(c2ccccc2)C1.I. The van der Waals surface area contributed by atoms with Gasteiger partial charge in [-0.1, -0.05) is 42.5 Å². The molecule has 3 rings (SSSR count). The van der Waals surface area contributed by atoms with Gasteiger partial charge >= 0.3 is 0 Å². The molecule has 2 aromatic rings. The quantitative estimate of drug-likeness (QED) is 0.331. The Labute approximate surface area is 195 Å². The minimum Gasteiger partial charge on any atom is -0.369 e. The Morgan fingerprint density at radius 1 is 1.23 bits per heavy atom. The molecule has 2 atom stereocenters. The maximum atomic E-state index is 13.1. The fourth-order valence-corrected chi connectivity index (χ4v) is 3.73. The van der Waals surface area contributed by atoms with E-state index in [4.69, 9.17) is 10.7 Å². The van der Waals surface area contributed by atoms with E-state index in [1.807, 2.05) is 13.0 Å². The van der Waals surface area contributed by atoms with Gasteiger partial charge in [-0.2, -0.15) is 0 Å². The molecule has 1 heterocycles. The first-order valence-corrected chi connectivity index (χ1v) is 10.2. The normalized spacial score (nSPS) is 17.3. The van der Waals surface area contributed by atoms with E-state index in [1.54, 1.807) is 12.1 Å². The van der Waals surface area contributed by atoms with Gasteiger partial charge in [-0.05, 0) is 43.0 Å². The number of nitrogens with zero attached hydrogens (tertiary/aromatic N) is 2. The van der Waals surface area contributed by atoms with Crippen LogP contribution >= 0.6 is 24.0 Å². The zero-order valence-electron chi connectivity index (χ0n) is 17.3. The van der Waals surface area contributed by atoms with Gasteiger partial charge in [-0.3, -0.25) is 9.79 Å². The lowest BCUT2D eigenvalue weighted by molar-refractivity contribution is -0.121. The van der Waals surface area contributed by atoms with E-state index in [1.165, 1.54) is 17.7 Å². The molecule has 1 aliphatic rings. The molecule has 3 N–H and O–H groups in total. The largest absolute Gasteiger partial charge is 0.369 e. The lowest BCUT2D eigenvalue weighted by atomic mass is 9.99. The number of hydrogen-bond acceptors (Lipinski definition) is 2. The van der Waals surface area contributed by atoms with Crippen LogP contribution in [-0.2, 0) is 11.2 Å². The van der Waals surface area contributed by atoms with E-state index in [-0.39, 0.29) is 29.8 Å². The Balaban J connectivity index is 0.00000320. The zero-order valence-corrected chi connectivity index (χ0v) is 19.6. The van der Waals surface area contributed by atoms with Crippen molar-refractivity contribution in [2.45, 2.75) is 25.7 Å². The monoisotopic (exact) mass is 524 g/mol. The predicted molar refractivity (Wildman–Crippen MR) is 130 cm³/mol. The smallest absolute Gasteiger partial charge is 0.222 e. The van der Waals surface area contributed by atoms with Gasteiger partial charge in [-0.15, -0.1) is 24.0 Å². The zero-order chi connectivity index (χ0) is 20.6. The molecule has 0 aliphatic carbocycles. The highest BCUT2D eigenvalue weighted by molar-refractivity contribution is 14.0. The first-order chi connectivity index (χ1) is 14.1. The van der Waals surface area contributed by atoms with Crippen LogP contribution in [0, 0.1) is 11.7 Å². The average Bonchev–Trinajstić information content (AvgIpc) is 3.22. The van der Waals surface area contributed by atoms with Crippen molar-refractivity contribution in [1.29, 1.82) is 0 Å². The van der Waals surface area contributed by atoms with Gasteiger partial charge in [0.2, 0.25) is 5.91 Å². The number of guanidine groups is 1. The highest BCUT2D eigenvalue weighted by atomic mass is 127. The number of nitrogens with one attached hydrogen (secondary N) is 1. The third kappa shape index (κ3) is 6.68. The summed E-state index contributed by atoms with van der Waals surface area (Å²) in [6.07, 6.45) is 1.52. The number of aliphatic imine (C=N–C) groups is 1. The highest BCUT2D eigenvalue weighted by Crippen LogP contribution is 2.27. The van der Waals surface area contributed by atoms with Crippen molar-refractivity contribution in [1.82, 2.24) is 10.2 Å². The number of nitrogens with two attached hydrogens (primary N) is 1. The maximum Gasteiger partial charge on any atom is 0.222 e. The van der Waals surface area contributed by atoms with Gasteiger partial charge in [0, 0.05) is 25.6 Å². The molecule has 0 radical (unpaired) electrons. The standard InChI is InChI=1S/C23H29FN4O.HI/c1-2-26-23(28-13-12-19(16-28)18-6-4-3-5-7-18)27-15-20(22(25)29)14-17-8-10-21(24)11-9-17;/h3-11,19-20H,2,12-16H2,1H3,(H2,25,29)(H,26,27);1H. The first-order valence-electron chi connectivity index (χ1n) is 10.2. The lowest BCUT2D eigenvalue weighted by Gasteiger charge is -2.22. The Morgan fingerprint density at radius 3 is 2.57 bits per heavy atom. The molecule has 0 aromatic heterocycles. The summed E-state index contributed by atoms with van der Waals surface area (Å²) in [4.78, 5) is 18.9. The number of halogens is 2. The fourth-order valence-electron chi connectivity index (χ4n) is 3.73. The van der Waals surface area contributed by atoms with Crippen LogP contribution in [0.25, 0.3) is 0 Å². The van der Waals surface area contributed by atoms with Crippen molar-refractivity contribution in [2.24, 2.45) is 16.6 Å². The van der Waals surface area contributed by atoms with Crippen LogP contribution in [-0.4, -0.2) is 42.9 Å². The first kappa shape index (κ1) is 24.1. The molecule has 1 amide bonds. The van der Waals surface area contributed by atoms with Crippen LogP contribution in [0.5, 0.6) is 0 Å². The number of amides is 1. The van der Waals surface area contributed by atoms with E-state index in [0.29, 0.717) is 18.9 Å². The molecule has 1 fully saturated rings. The van der Waals surface area contributed by atoms with Crippen molar-refractivity contribution in [2.75, 3.05) is 26.2 Å². The van der Waals surface area contributed by atoms with Crippen LogP contribution in [0.1, 0.15) is 30.4 Å². The molecule has 1 saturated heterocycles. The number of carbonyl (C=O) groups is 1. The van der Waals surface area contributed by atoms with Crippen LogP contribution in [0.4, 0.5) is 4.39 Å². The third-order valence-corrected chi connectivity index (χ3v) is 5.35. The van der Waals surface area contributed by atoms with E-state index >= 15 is 0 Å². The van der Waals surface area contributed by atoms with Crippen LogP contribution < -0.4 is 11.1 Å². The van der Waals surface area contributed by atoms with Gasteiger partial charge in [0.05, 0.1) is 12.5 Å². The number of primary amides is 1. The summed E-state index contributed by atoms with van der Waals surface area (Å²) >= 11 is 0. The molecule has 2 unspecified atom stereocenters. The Morgan fingerprint density at radius 2 is 1.93 bits per heavy atom. The number of hydrogen-bond donors (Lipinski definition) is 2. The second-order valence-electron chi connectivity index (χ2n) is 7.47. The van der Waals surface area contributed by atoms with Gasteiger partial charge < -0.3 is 16.0 Å². The van der Waals surface area contributed by atoms with E-state index < -0.39 is 11.8 Å². The number of benzene rings is 2. The second-order valence-corrected chi connectivity index (χ2v) is 7.47. The molecule has 162 valence electrons. The third-order valence-electron chi connectivity index (χ3n) is 5.35. The lowest BCUT2D eigenvalue weighted by Crippen LogP contribution is -2.41. The summed E-state index contributed by atoms with van der Waals surface area (Å²) in [7, 11) is 0. The summed E-state index contributed by atoms with van der Waals surface area (Å²) in [6, 6.07) is 16.7. The summed E-state index contributed by atoms with van der Waals surface area (Å²) in [6.45, 7) is 4.91. The Kier molecular flexibility index (Phi) is 9.55. The molecule has 0 saturated carbocycles. The van der Waals surface area contributed by atoms with E-state index in [9.17, 15) is 9.18 Å². The van der Waals surface area contributed by atoms with Crippen molar-refractivity contribution in [3.8, 4) is 0 Å². The van der Waals surface area contributed by atoms with Gasteiger partial charge in [0.1, 0.15) is 5.82 Å². The van der Waals surface area contributed by atoms with E-state index in [2.05, 4.69) is 34.5 Å². The van der Waals surface area contributed by atoms with Gasteiger partial charge in [-0.25, -0.2) is 4.39 Å². The maximum absolute atomic E-state index is 13.1. The minimum absolute atomic E-state index is 0. The van der Waals surface area contributed by atoms with Crippen molar-refractivity contribution in [3.05, 3.63) is 71.5 Å². The molecule has 0 spiro atoms. The minimum atomic E-state index is -0.429. The Hall–Kier alpha value is -2.16. The van der Waals surface area contributed by atoms with Gasteiger partial charge in [0.15, 0.2) is 5.96 Å². The summed E-state index contributed by atoms with van der Waals surface area (Å²) < 4.78 is 13.1. The molecule has 0 bridgehead atoms. The Bertz CT molecular complexity index is 829. The fraction of sp³-hybridized carbons (Fsp3) is 0.391. The van der Waals surface area contributed by atoms with Gasteiger partial charge in [0.25, 0.3) is 0 Å². The van der Waals surface area contributed by atoms with Crippen LogP contribution in [0.2, 0.25) is 0 Å². The number of likely N-dealkylation sites (tertiary alicyclic amines) is 1.